The zero-order valence-electron chi connectivity index (χ0n) is 7.73. The Morgan fingerprint density at radius 1 is 1.46 bits per heavy atom. The van der Waals surface area contributed by atoms with Gasteiger partial charge in [-0.3, -0.25) is 4.68 Å². The molecule has 0 aliphatic heterocycles. The van der Waals surface area contributed by atoms with Crippen molar-refractivity contribution in [2.45, 2.75) is 13.0 Å². The van der Waals surface area contributed by atoms with Crippen molar-refractivity contribution in [2.75, 3.05) is 0 Å². The first-order chi connectivity index (χ1) is 6.20. The Kier molecular flexibility index (Phi) is 1.81. The molecule has 3 heteroatoms. The average molecular weight is 176 g/mol. The average Bonchev–Trinajstić information content (AvgIpc) is 2.48. The second kappa shape index (κ2) is 2.85. The minimum absolute atomic E-state index is 0.445. The molecule has 0 bridgehead atoms. The monoisotopic (exact) mass is 176 g/mol. The molecular weight excluding hydrogens is 164 g/mol. The summed E-state index contributed by atoms with van der Waals surface area (Å²) in [7, 11) is 1.88. The van der Waals surface area contributed by atoms with E-state index in [1.54, 1.807) is 17.8 Å². The molecule has 0 aliphatic rings. The van der Waals surface area contributed by atoms with E-state index in [1.807, 2.05) is 25.2 Å². The predicted molar refractivity (Wildman–Crippen MR) is 51.3 cm³/mol. The molecule has 0 fully saturated rings. The fraction of sp³-hybridized carbons (Fsp3) is 0.300. The van der Waals surface area contributed by atoms with Gasteiger partial charge in [0.1, 0.15) is 0 Å². The molecular formula is C10H12N2O. The van der Waals surface area contributed by atoms with Crippen LogP contribution in [-0.2, 0) is 7.05 Å². The Balaban J connectivity index is 2.80. The summed E-state index contributed by atoms with van der Waals surface area (Å²) in [6.45, 7) is 1.77. The highest BCUT2D eigenvalue weighted by atomic mass is 16.3. The predicted octanol–water partition coefficient (Wildman–Crippen LogP) is 1.63. The summed E-state index contributed by atoms with van der Waals surface area (Å²) >= 11 is 0. The maximum atomic E-state index is 9.52. The largest absolute Gasteiger partial charge is 0.389 e. The van der Waals surface area contributed by atoms with Gasteiger partial charge in [-0.15, -0.1) is 0 Å². The zero-order valence-corrected chi connectivity index (χ0v) is 7.73. The molecule has 3 nitrogen and oxygen atoms in total. The van der Waals surface area contributed by atoms with Crippen molar-refractivity contribution in [1.29, 1.82) is 0 Å². The smallest absolute Gasteiger partial charge is 0.0782 e. The molecule has 2 rings (SSSR count). The van der Waals surface area contributed by atoms with Crippen LogP contribution in [0.5, 0.6) is 0 Å². The Bertz CT molecular complexity index is 431. The summed E-state index contributed by atoms with van der Waals surface area (Å²) in [5.41, 5.74) is 1.94. The van der Waals surface area contributed by atoms with Gasteiger partial charge in [-0.25, -0.2) is 0 Å². The van der Waals surface area contributed by atoms with E-state index in [4.69, 9.17) is 0 Å². The molecule has 1 N–H and O–H groups in total. The van der Waals surface area contributed by atoms with E-state index in [0.29, 0.717) is 0 Å². The van der Waals surface area contributed by atoms with Gasteiger partial charge in [-0.2, -0.15) is 5.10 Å². The highest BCUT2D eigenvalue weighted by Gasteiger charge is 2.08. The molecule has 1 atom stereocenters. The van der Waals surface area contributed by atoms with Gasteiger partial charge in [0, 0.05) is 18.0 Å². The van der Waals surface area contributed by atoms with E-state index in [9.17, 15) is 5.11 Å². The second-order valence-corrected chi connectivity index (χ2v) is 3.23. The number of fused-ring (bicyclic) bond motifs is 1. The molecule has 0 saturated heterocycles. The van der Waals surface area contributed by atoms with Gasteiger partial charge in [0.05, 0.1) is 17.8 Å². The molecule has 0 radical (unpaired) electrons. The molecule has 68 valence electrons. The van der Waals surface area contributed by atoms with Crippen LogP contribution < -0.4 is 0 Å². The van der Waals surface area contributed by atoms with Crippen LogP contribution in [0.4, 0.5) is 0 Å². The van der Waals surface area contributed by atoms with Crippen LogP contribution in [0.2, 0.25) is 0 Å². The Hall–Kier alpha value is -1.35. The molecule has 0 amide bonds. The normalized spacial score (nSPS) is 13.5. The number of hydrogen-bond donors (Lipinski definition) is 1. The molecule has 0 unspecified atom stereocenters. The van der Waals surface area contributed by atoms with Crippen molar-refractivity contribution in [3.63, 3.8) is 0 Å². The number of aliphatic hydroxyl groups is 1. The van der Waals surface area contributed by atoms with Crippen LogP contribution in [0.25, 0.3) is 10.9 Å². The number of aliphatic hydroxyl groups excluding tert-OH is 1. The van der Waals surface area contributed by atoms with Crippen LogP contribution in [-0.4, -0.2) is 14.9 Å². The van der Waals surface area contributed by atoms with Crippen LogP contribution >= 0.6 is 0 Å². The number of aryl methyl sites for hydroxylation is 1. The lowest BCUT2D eigenvalue weighted by molar-refractivity contribution is 0.200. The number of benzene rings is 1. The van der Waals surface area contributed by atoms with Gasteiger partial charge in [0.25, 0.3) is 0 Å². The third kappa shape index (κ3) is 1.21. The number of aromatic nitrogens is 2. The standard InChI is InChI=1S/C10H12N2O/c1-7(13)9-5-3-4-8-6-11-12(2)10(8)9/h3-7,13H,1-2H3/t7-/m0/s1. The highest BCUT2D eigenvalue weighted by Crippen LogP contribution is 2.22. The third-order valence-corrected chi connectivity index (χ3v) is 2.24. The lowest BCUT2D eigenvalue weighted by Gasteiger charge is -2.06. The maximum absolute atomic E-state index is 9.52. The van der Waals surface area contributed by atoms with E-state index in [0.717, 1.165) is 16.5 Å². The minimum Gasteiger partial charge on any atom is -0.389 e. The zero-order chi connectivity index (χ0) is 9.42. The maximum Gasteiger partial charge on any atom is 0.0782 e. The number of rotatable bonds is 1. The third-order valence-electron chi connectivity index (χ3n) is 2.24. The van der Waals surface area contributed by atoms with Crippen molar-refractivity contribution < 1.29 is 5.11 Å². The summed E-state index contributed by atoms with van der Waals surface area (Å²) in [4.78, 5) is 0. The molecule has 1 aromatic heterocycles. The van der Waals surface area contributed by atoms with Crippen LogP contribution in [0.15, 0.2) is 24.4 Å². The Labute approximate surface area is 76.6 Å². The highest BCUT2D eigenvalue weighted by molar-refractivity contribution is 5.82. The lowest BCUT2D eigenvalue weighted by Crippen LogP contribution is -1.97. The van der Waals surface area contributed by atoms with Gasteiger partial charge < -0.3 is 5.11 Å². The fourth-order valence-corrected chi connectivity index (χ4v) is 1.60. The van der Waals surface area contributed by atoms with Crippen molar-refractivity contribution in [1.82, 2.24) is 9.78 Å². The van der Waals surface area contributed by atoms with Crippen LogP contribution in [0, 0.1) is 0 Å². The molecule has 0 aliphatic carbocycles. The number of para-hydroxylation sites is 1. The molecule has 1 aromatic carbocycles. The first-order valence-electron chi connectivity index (χ1n) is 4.29. The molecule has 0 spiro atoms. The number of hydrogen-bond acceptors (Lipinski definition) is 2. The summed E-state index contributed by atoms with van der Waals surface area (Å²) < 4.78 is 1.79. The van der Waals surface area contributed by atoms with E-state index >= 15 is 0 Å². The molecule has 0 saturated carbocycles. The SMILES string of the molecule is C[C@H](O)c1cccc2cnn(C)c12. The minimum atomic E-state index is -0.445. The quantitative estimate of drug-likeness (QED) is 0.717. The Morgan fingerprint density at radius 3 is 2.92 bits per heavy atom. The molecule has 1 heterocycles. The van der Waals surface area contributed by atoms with Crippen LogP contribution in [0.1, 0.15) is 18.6 Å². The van der Waals surface area contributed by atoms with Gasteiger partial charge in [-0.1, -0.05) is 18.2 Å². The topological polar surface area (TPSA) is 38.1 Å². The van der Waals surface area contributed by atoms with E-state index in [1.165, 1.54) is 0 Å². The van der Waals surface area contributed by atoms with Gasteiger partial charge in [-0.05, 0) is 6.92 Å². The summed E-state index contributed by atoms with van der Waals surface area (Å²) in [5.74, 6) is 0. The van der Waals surface area contributed by atoms with E-state index < -0.39 is 6.10 Å². The van der Waals surface area contributed by atoms with Crippen LogP contribution in [0.3, 0.4) is 0 Å². The second-order valence-electron chi connectivity index (χ2n) is 3.23. The van der Waals surface area contributed by atoms with Crippen molar-refractivity contribution in [3.05, 3.63) is 30.0 Å². The van der Waals surface area contributed by atoms with E-state index in [-0.39, 0.29) is 0 Å². The fourth-order valence-electron chi connectivity index (χ4n) is 1.60. The van der Waals surface area contributed by atoms with Gasteiger partial charge in [0.2, 0.25) is 0 Å². The summed E-state index contributed by atoms with van der Waals surface area (Å²) in [6, 6.07) is 5.86. The summed E-state index contributed by atoms with van der Waals surface area (Å²) in [5, 5.41) is 14.7. The van der Waals surface area contributed by atoms with E-state index in [2.05, 4.69) is 5.10 Å². The molecule has 2 aromatic rings. The van der Waals surface area contributed by atoms with Crippen molar-refractivity contribution in [2.24, 2.45) is 7.05 Å². The van der Waals surface area contributed by atoms with Crippen molar-refractivity contribution >= 4 is 10.9 Å². The lowest BCUT2D eigenvalue weighted by atomic mass is 10.1. The van der Waals surface area contributed by atoms with Gasteiger partial charge >= 0.3 is 0 Å². The van der Waals surface area contributed by atoms with Gasteiger partial charge in [0.15, 0.2) is 0 Å². The number of nitrogens with zero attached hydrogens (tertiary/aromatic N) is 2. The summed E-state index contributed by atoms with van der Waals surface area (Å²) in [6.07, 6.45) is 1.36. The van der Waals surface area contributed by atoms with Crippen molar-refractivity contribution in [3.8, 4) is 0 Å². The molecule has 13 heavy (non-hydrogen) atoms. The first kappa shape index (κ1) is 8.26. The first-order valence-corrected chi connectivity index (χ1v) is 4.29. The Morgan fingerprint density at radius 2 is 2.23 bits per heavy atom.